The number of amides is 7. The molecule has 0 aromatic heterocycles. The predicted octanol–water partition coefficient (Wildman–Crippen LogP) is 3.89. The fourth-order valence-electron chi connectivity index (χ4n) is 10.5. The van der Waals surface area contributed by atoms with Gasteiger partial charge in [-0.1, -0.05) is 192 Å². The maximum atomic E-state index is 14.2. The van der Waals surface area contributed by atoms with Crippen LogP contribution in [-0.4, -0.2) is 176 Å². The normalized spacial score (nSPS) is 13.8. The number of esters is 2. The number of benzene rings is 1. The van der Waals surface area contributed by atoms with E-state index >= 15 is 0 Å². The third-order valence-corrected chi connectivity index (χ3v) is 17.8. The van der Waals surface area contributed by atoms with Crippen LogP contribution in [-0.2, 0) is 72.7 Å². The van der Waals surface area contributed by atoms with E-state index in [1.54, 1.807) is 0 Å². The molecule has 8 atom stereocenters. The number of nitrogens with two attached hydrogens (primary N) is 5. The summed E-state index contributed by atoms with van der Waals surface area (Å²) >= 11 is 3.97. The van der Waals surface area contributed by atoms with E-state index in [2.05, 4.69) is 73.7 Å². The molecule has 584 valence electrons. The molecule has 0 radical (unpaired) electrons. The van der Waals surface area contributed by atoms with E-state index in [1.807, 2.05) is 0 Å². The van der Waals surface area contributed by atoms with Gasteiger partial charge in [0.15, 0.2) is 18.0 Å². The molecule has 33 heteroatoms. The molecule has 1 rings (SSSR count). The van der Waals surface area contributed by atoms with Crippen LogP contribution >= 0.6 is 20.5 Å². The van der Waals surface area contributed by atoms with Gasteiger partial charge >= 0.3 is 19.8 Å². The molecule has 1 aromatic carbocycles. The van der Waals surface area contributed by atoms with Gasteiger partial charge in [-0.15, -0.1) is 5.75 Å². The first-order valence-electron chi connectivity index (χ1n) is 36.7. The summed E-state index contributed by atoms with van der Waals surface area (Å²) < 4.78 is 34.5. The molecule has 1 aromatic rings. The molecule has 19 N–H and O–H groups in total. The lowest BCUT2D eigenvalue weighted by Crippen LogP contribution is -2.60. The Hall–Kier alpha value is -6.83. The number of hydrogen-bond acceptors (Lipinski definition) is 20. The molecule has 102 heavy (non-hydrogen) atoms. The van der Waals surface area contributed by atoms with Crippen LogP contribution in [0.1, 0.15) is 232 Å². The minimum absolute atomic E-state index is 0.0156. The van der Waals surface area contributed by atoms with E-state index in [-0.39, 0.29) is 88.0 Å². The number of hydrogen-bond donors (Lipinski definition) is 15. The highest BCUT2D eigenvalue weighted by Crippen LogP contribution is 2.43. The van der Waals surface area contributed by atoms with Crippen molar-refractivity contribution in [3.8, 4) is 5.75 Å². The Kier molecular flexibility index (Phi) is 53.5. The number of phosphoric ester groups is 1. The summed E-state index contributed by atoms with van der Waals surface area (Å²) in [5.41, 5.74) is 27.9. The number of aliphatic hydroxyl groups is 1. The van der Waals surface area contributed by atoms with Gasteiger partial charge in [0, 0.05) is 44.6 Å². The summed E-state index contributed by atoms with van der Waals surface area (Å²) in [6, 6.07) is -3.31. The van der Waals surface area contributed by atoms with Gasteiger partial charge in [-0.05, 0) is 51.0 Å². The van der Waals surface area contributed by atoms with Crippen molar-refractivity contribution < 1.29 is 81.3 Å². The standard InChI is InChI=1S/C69H125N14O17PS/c1-4-6-8-10-12-14-16-18-20-22-24-26-28-34-60(87)97-47-53(100-61(88)35-29-27-25-23-21-19-17-15-13-11-9-7-5-2)48-99-101(95,96)98-43-42-75-62(89)50(3)79-64(91)56(33-31-41-77-69(73)74)81-67(94)58(46-84)83-66(93)57(44-51-36-38-52(85)39-37-51)82-65(92)55(32-30-40-76-68(71)72)80-59(86)45-78-63(90)54(70)49-102/h36-39,50,53-58,84-85,102H,4-35,40-49,70H2,1-3H3,(H,75,89)(H,78,90)(H,79,91)(H,80,86)(H,81,94)(H,82,92)(H,83,93)(H,95,96)(H4,71,72,76)(H4,73,74,77)/p-1/t50-,53+,54-,55-,56-,57-,58-/m0/s1. The van der Waals surface area contributed by atoms with E-state index in [4.69, 9.17) is 47.2 Å². The van der Waals surface area contributed by atoms with Crippen LogP contribution in [0.3, 0.4) is 0 Å². The second-order valence-electron chi connectivity index (χ2n) is 25.6. The van der Waals surface area contributed by atoms with Gasteiger partial charge in [0.1, 0.15) is 36.8 Å². The molecule has 31 nitrogen and oxygen atoms in total. The van der Waals surface area contributed by atoms with Crippen LogP contribution in [0.15, 0.2) is 34.3 Å². The largest absolute Gasteiger partial charge is 0.872 e. The fraction of sp³-hybridized carbons (Fsp3) is 0.754. The molecule has 0 saturated carbocycles. The maximum absolute atomic E-state index is 14.2. The lowest BCUT2D eigenvalue weighted by atomic mass is 10.0. The van der Waals surface area contributed by atoms with Gasteiger partial charge in [-0.2, -0.15) is 12.6 Å². The number of ether oxygens (including phenoxy) is 2. The Morgan fingerprint density at radius 1 is 0.539 bits per heavy atom. The molecular weight excluding hydrogens is 1360 g/mol. The van der Waals surface area contributed by atoms with Gasteiger partial charge in [-0.3, -0.25) is 62.2 Å². The first-order valence-corrected chi connectivity index (χ1v) is 38.8. The number of thiol groups is 1. The van der Waals surface area contributed by atoms with Crippen LogP contribution in [0, 0.1) is 0 Å². The molecule has 0 fully saturated rings. The van der Waals surface area contributed by atoms with Crippen LogP contribution in [0.2, 0.25) is 0 Å². The quantitative estimate of drug-likeness (QED) is 0.0110. The highest BCUT2D eigenvalue weighted by molar-refractivity contribution is 7.80. The summed E-state index contributed by atoms with van der Waals surface area (Å²) in [5, 5.41) is 39.6. The molecule has 0 heterocycles. The minimum atomic E-state index is -4.89. The van der Waals surface area contributed by atoms with Gasteiger partial charge in [0.05, 0.1) is 32.4 Å². The SMILES string of the molecule is CCCCCCCCCCCCCCCC(=O)OC[C@H](COP(=O)(O)OCCNC(=O)[C@H](C)NC(=O)[C@H](CCCN=C(N)N)NC(=O)[C@H](CO)NC(=O)[C@H](Cc1ccc([O-])cc1)NC(=O)[C@H](CCCN=C(N)N)NC(=O)CNC(=O)[C@@H](N)CS)OC(=O)CCCCCCCCCCCCCCC. The smallest absolute Gasteiger partial charge is 0.472 e. The number of carbonyl (C=O) groups excluding carboxylic acids is 9. The monoisotopic (exact) mass is 1480 g/mol. The number of carbonyl (C=O) groups is 9. The second-order valence-corrected chi connectivity index (χ2v) is 27.5. The van der Waals surface area contributed by atoms with Gasteiger partial charge in [0.25, 0.3) is 0 Å². The molecule has 7 amide bonds. The van der Waals surface area contributed by atoms with Crippen molar-refractivity contribution in [1.29, 1.82) is 0 Å². The Bertz CT molecular complexity index is 2660. The molecule has 0 spiro atoms. The molecular formula is C69H124N14O17PS-. The zero-order valence-electron chi connectivity index (χ0n) is 60.7. The van der Waals surface area contributed by atoms with E-state index in [0.29, 0.717) is 18.4 Å². The number of nitrogens with one attached hydrogen (secondary N) is 7. The minimum Gasteiger partial charge on any atom is -0.872 e. The number of aliphatic imine (C=N–C) groups is 2. The molecule has 0 saturated heterocycles. The number of nitrogens with zero attached hydrogens (tertiary/aromatic N) is 2. The molecule has 0 aliphatic heterocycles. The first kappa shape index (κ1) is 93.2. The number of rotatable bonds is 63. The van der Waals surface area contributed by atoms with Crippen molar-refractivity contribution in [2.45, 2.75) is 275 Å². The van der Waals surface area contributed by atoms with Gasteiger partial charge in [0.2, 0.25) is 41.4 Å². The topological polar surface area (TPSA) is 510 Å². The van der Waals surface area contributed by atoms with E-state index in [9.17, 15) is 62.8 Å². The summed E-state index contributed by atoms with van der Waals surface area (Å²) in [4.78, 5) is 139. The van der Waals surface area contributed by atoms with Crippen molar-refractivity contribution in [3.63, 3.8) is 0 Å². The number of aliphatic hydroxyl groups excluding tert-OH is 1. The zero-order chi connectivity index (χ0) is 75.8. The van der Waals surface area contributed by atoms with Crippen LogP contribution < -0.4 is 71.0 Å². The summed E-state index contributed by atoms with van der Waals surface area (Å²) in [7, 11) is -4.89. The summed E-state index contributed by atoms with van der Waals surface area (Å²) in [6.45, 7) is 2.04. The van der Waals surface area contributed by atoms with Crippen molar-refractivity contribution in [3.05, 3.63) is 29.8 Å². The first-order chi connectivity index (χ1) is 48.8. The molecule has 1 unspecified atom stereocenters. The van der Waals surface area contributed by atoms with Crippen LogP contribution in [0.25, 0.3) is 0 Å². The summed E-state index contributed by atoms with van der Waals surface area (Å²) in [5.74, 6) is -8.27. The average Bonchev–Trinajstić information content (AvgIpc) is 0.857. The average molecular weight is 1480 g/mol. The van der Waals surface area contributed by atoms with Gasteiger partial charge < -0.3 is 90.5 Å². The summed E-state index contributed by atoms with van der Waals surface area (Å²) in [6.07, 6.45) is 28.1. The van der Waals surface area contributed by atoms with Crippen molar-refractivity contribution in [2.75, 3.05) is 58.4 Å². The Morgan fingerprint density at radius 2 is 0.971 bits per heavy atom. The van der Waals surface area contributed by atoms with E-state index < -0.39 is 136 Å². The maximum Gasteiger partial charge on any atom is 0.472 e. The third kappa shape index (κ3) is 48.9. The molecule has 0 bridgehead atoms. The molecule has 0 aliphatic rings. The van der Waals surface area contributed by atoms with Crippen LogP contribution in [0.4, 0.5) is 0 Å². The molecule has 0 aliphatic carbocycles. The number of guanidine groups is 2. The third-order valence-electron chi connectivity index (χ3n) is 16.5. The zero-order valence-corrected chi connectivity index (χ0v) is 62.5. The lowest BCUT2D eigenvalue weighted by Gasteiger charge is -2.26. The fourth-order valence-corrected chi connectivity index (χ4v) is 11.4. The highest BCUT2D eigenvalue weighted by atomic mass is 32.1. The Morgan fingerprint density at radius 3 is 1.45 bits per heavy atom. The second kappa shape index (κ2) is 58.5. The van der Waals surface area contributed by atoms with Crippen LogP contribution in [0.5, 0.6) is 5.75 Å². The van der Waals surface area contributed by atoms with Gasteiger partial charge in [-0.25, -0.2) is 4.57 Å². The van der Waals surface area contributed by atoms with E-state index in [0.717, 1.165) is 51.4 Å². The Balaban J connectivity index is 3.07. The van der Waals surface area contributed by atoms with E-state index in [1.165, 1.54) is 134 Å². The Labute approximate surface area is 609 Å². The van der Waals surface area contributed by atoms with Crippen molar-refractivity contribution in [1.82, 2.24) is 37.2 Å². The lowest BCUT2D eigenvalue weighted by molar-refractivity contribution is -0.268. The number of phosphoric acid groups is 1. The number of unbranched alkanes of at least 4 members (excludes halogenated alkanes) is 24. The van der Waals surface area contributed by atoms with Crippen molar-refractivity contribution in [2.24, 2.45) is 38.7 Å². The highest BCUT2D eigenvalue weighted by Gasteiger charge is 2.33. The van der Waals surface area contributed by atoms with Crippen molar-refractivity contribution >= 4 is 85.7 Å². The predicted molar refractivity (Wildman–Crippen MR) is 393 cm³/mol.